The molecule has 0 heterocycles. The summed E-state index contributed by atoms with van der Waals surface area (Å²) in [7, 11) is -1.59. The molecule has 0 radical (unpaired) electrons. The summed E-state index contributed by atoms with van der Waals surface area (Å²) in [5.41, 5.74) is 2.22. The molecule has 0 aliphatic carbocycles. The topological polar surface area (TPSA) is 58.2 Å². The molecule has 21 heavy (non-hydrogen) atoms. The molecular formula is C16H28N2O2S. The van der Waals surface area contributed by atoms with Crippen LogP contribution in [-0.4, -0.2) is 21.5 Å². The fourth-order valence-electron chi connectivity index (χ4n) is 2.25. The molecule has 0 aliphatic rings. The second kappa shape index (κ2) is 7.92. The van der Waals surface area contributed by atoms with Crippen LogP contribution in [0.2, 0.25) is 0 Å². The molecule has 120 valence electrons. The molecule has 1 rings (SSSR count). The van der Waals surface area contributed by atoms with E-state index in [9.17, 15) is 8.42 Å². The van der Waals surface area contributed by atoms with Crippen LogP contribution in [0.15, 0.2) is 23.1 Å². The van der Waals surface area contributed by atoms with Gasteiger partial charge in [0.25, 0.3) is 0 Å². The Labute approximate surface area is 129 Å². The van der Waals surface area contributed by atoms with Gasteiger partial charge in [-0.05, 0) is 49.6 Å². The molecule has 0 saturated carbocycles. The predicted molar refractivity (Wildman–Crippen MR) is 87.8 cm³/mol. The van der Waals surface area contributed by atoms with Crippen molar-refractivity contribution in [3.63, 3.8) is 0 Å². The smallest absolute Gasteiger partial charge is 0.240 e. The second-order valence-electron chi connectivity index (χ2n) is 5.61. The zero-order valence-electron chi connectivity index (χ0n) is 13.7. The average molecular weight is 312 g/mol. The maximum Gasteiger partial charge on any atom is 0.240 e. The summed E-state index contributed by atoms with van der Waals surface area (Å²) >= 11 is 0. The lowest BCUT2D eigenvalue weighted by Crippen LogP contribution is -2.36. The van der Waals surface area contributed by atoms with E-state index in [2.05, 4.69) is 30.8 Å². The monoisotopic (exact) mass is 312 g/mol. The summed E-state index contributed by atoms with van der Waals surface area (Å²) in [6.07, 6.45) is 1.84. The highest BCUT2D eigenvalue weighted by Crippen LogP contribution is 2.18. The van der Waals surface area contributed by atoms with Crippen molar-refractivity contribution in [1.82, 2.24) is 10.0 Å². The summed E-state index contributed by atoms with van der Waals surface area (Å²) in [4.78, 5) is 0.347. The van der Waals surface area contributed by atoms with E-state index in [1.807, 2.05) is 20.0 Å². The van der Waals surface area contributed by atoms with Crippen LogP contribution in [0.3, 0.4) is 0 Å². The summed E-state index contributed by atoms with van der Waals surface area (Å²) < 4.78 is 27.8. The van der Waals surface area contributed by atoms with Gasteiger partial charge in [0, 0.05) is 12.6 Å². The Morgan fingerprint density at radius 2 is 1.81 bits per heavy atom. The molecule has 0 bridgehead atoms. The lowest BCUT2D eigenvalue weighted by atomic mass is 10.0. The van der Waals surface area contributed by atoms with Crippen molar-refractivity contribution < 1.29 is 8.42 Å². The Kier molecular flexibility index (Phi) is 6.84. The normalized spacial score (nSPS) is 14.9. The number of aryl methyl sites for hydroxylation is 1. The molecule has 1 aromatic carbocycles. The van der Waals surface area contributed by atoms with E-state index >= 15 is 0 Å². The molecule has 0 aromatic heterocycles. The van der Waals surface area contributed by atoms with Gasteiger partial charge in [-0.1, -0.05) is 33.3 Å². The summed E-state index contributed by atoms with van der Waals surface area (Å²) in [6.45, 7) is 8.79. The van der Waals surface area contributed by atoms with Gasteiger partial charge in [0.1, 0.15) is 0 Å². The van der Waals surface area contributed by atoms with Crippen LogP contribution in [0.4, 0.5) is 0 Å². The van der Waals surface area contributed by atoms with Gasteiger partial charge in [0.2, 0.25) is 10.0 Å². The molecule has 1 aromatic rings. The number of nitrogens with one attached hydrogen (secondary N) is 2. The fourth-order valence-corrected chi connectivity index (χ4v) is 3.65. The first kappa shape index (κ1) is 18.1. The molecule has 2 unspecified atom stereocenters. The van der Waals surface area contributed by atoms with E-state index in [4.69, 9.17) is 0 Å². The van der Waals surface area contributed by atoms with Gasteiger partial charge in [-0.3, -0.25) is 0 Å². The molecule has 0 amide bonds. The van der Waals surface area contributed by atoms with E-state index in [1.54, 1.807) is 12.1 Å². The Bertz CT molecular complexity index is 555. The van der Waals surface area contributed by atoms with Crippen molar-refractivity contribution >= 4 is 10.0 Å². The SMILES string of the molecule is CCc1ccc(S(=O)(=O)NC(C)C(C)CC)cc1CNC. The van der Waals surface area contributed by atoms with E-state index in [0.29, 0.717) is 17.4 Å². The number of hydrogen-bond donors (Lipinski definition) is 2. The first-order chi connectivity index (χ1) is 9.85. The van der Waals surface area contributed by atoms with Crippen LogP contribution in [-0.2, 0) is 23.0 Å². The molecule has 2 N–H and O–H groups in total. The molecule has 0 saturated heterocycles. The van der Waals surface area contributed by atoms with Crippen molar-refractivity contribution in [2.24, 2.45) is 5.92 Å². The van der Waals surface area contributed by atoms with Crippen LogP contribution in [0.5, 0.6) is 0 Å². The van der Waals surface area contributed by atoms with Crippen LogP contribution < -0.4 is 10.0 Å². The fraction of sp³-hybridized carbons (Fsp3) is 0.625. The zero-order valence-corrected chi connectivity index (χ0v) is 14.5. The molecular weight excluding hydrogens is 284 g/mol. The maximum absolute atomic E-state index is 12.5. The second-order valence-corrected chi connectivity index (χ2v) is 7.32. The van der Waals surface area contributed by atoms with Crippen molar-refractivity contribution in [3.05, 3.63) is 29.3 Å². The van der Waals surface area contributed by atoms with Crippen molar-refractivity contribution in [1.29, 1.82) is 0 Å². The number of hydrogen-bond acceptors (Lipinski definition) is 3. The van der Waals surface area contributed by atoms with Gasteiger partial charge in [-0.15, -0.1) is 0 Å². The lowest BCUT2D eigenvalue weighted by molar-refractivity contribution is 0.434. The van der Waals surface area contributed by atoms with Gasteiger partial charge < -0.3 is 5.32 Å². The first-order valence-electron chi connectivity index (χ1n) is 7.64. The molecule has 2 atom stereocenters. The minimum atomic E-state index is -3.46. The summed E-state index contributed by atoms with van der Waals surface area (Å²) in [5, 5.41) is 3.09. The summed E-state index contributed by atoms with van der Waals surface area (Å²) in [5.74, 6) is 0.312. The van der Waals surface area contributed by atoms with Gasteiger partial charge in [-0.2, -0.15) is 0 Å². The van der Waals surface area contributed by atoms with Gasteiger partial charge in [0.05, 0.1) is 4.90 Å². The third-order valence-corrected chi connectivity index (χ3v) is 5.63. The maximum atomic E-state index is 12.5. The molecule has 0 fully saturated rings. The minimum Gasteiger partial charge on any atom is -0.316 e. The van der Waals surface area contributed by atoms with Crippen LogP contribution in [0, 0.1) is 5.92 Å². The summed E-state index contributed by atoms with van der Waals surface area (Å²) in [6, 6.07) is 5.32. The number of rotatable bonds is 8. The van der Waals surface area contributed by atoms with Crippen LogP contribution in [0.25, 0.3) is 0 Å². The van der Waals surface area contributed by atoms with E-state index in [-0.39, 0.29) is 6.04 Å². The van der Waals surface area contributed by atoms with Gasteiger partial charge >= 0.3 is 0 Å². The van der Waals surface area contributed by atoms with Gasteiger partial charge in [-0.25, -0.2) is 13.1 Å². The third kappa shape index (κ3) is 4.80. The first-order valence-corrected chi connectivity index (χ1v) is 9.12. The van der Waals surface area contributed by atoms with Crippen molar-refractivity contribution in [2.75, 3.05) is 7.05 Å². The van der Waals surface area contributed by atoms with E-state index < -0.39 is 10.0 Å². The molecule has 4 nitrogen and oxygen atoms in total. The quantitative estimate of drug-likeness (QED) is 0.776. The largest absolute Gasteiger partial charge is 0.316 e. The lowest BCUT2D eigenvalue weighted by Gasteiger charge is -2.20. The van der Waals surface area contributed by atoms with Crippen LogP contribution >= 0.6 is 0 Å². The Morgan fingerprint density at radius 3 is 2.33 bits per heavy atom. The molecule has 0 spiro atoms. The highest BCUT2D eigenvalue weighted by Gasteiger charge is 2.21. The Morgan fingerprint density at radius 1 is 1.14 bits per heavy atom. The molecule has 0 aliphatic heterocycles. The van der Waals surface area contributed by atoms with Crippen LogP contribution in [0.1, 0.15) is 45.2 Å². The minimum absolute atomic E-state index is 0.0707. The highest BCUT2D eigenvalue weighted by molar-refractivity contribution is 7.89. The molecule has 5 heteroatoms. The van der Waals surface area contributed by atoms with Crippen molar-refractivity contribution in [3.8, 4) is 0 Å². The Hall–Kier alpha value is -0.910. The Balaban J connectivity index is 3.05. The third-order valence-electron chi connectivity index (χ3n) is 4.07. The standard InChI is InChI=1S/C16H28N2O2S/c1-6-12(3)13(4)18-21(19,20)16-9-8-14(7-2)15(10-16)11-17-5/h8-10,12-13,17-18H,6-7,11H2,1-5H3. The predicted octanol–water partition coefficient (Wildman–Crippen LogP) is 2.68. The van der Waals surface area contributed by atoms with E-state index in [0.717, 1.165) is 18.4 Å². The van der Waals surface area contributed by atoms with E-state index in [1.165, 1.54) is 5.56 Å². The number of benzene rings is 1. The zero-order chi connectivity index (χ0) is 16.0. The average Bonchev–Trinajstić information content (AvgIpc) is 2.46. The highest BCUT2D eigenvalue weighted by atomic mass is 32.2. The number of sulfonamides is 1. The van der Waals surface area contributed by atoms with Gasteiger partial charge in [0.15, 0.2) is 0 Å². The van der Waals surface area contributed by atoms with Crippen molar-refractivity contribution in [2.45, 2.75) is 58.0 Å².